The molecule has 0 saturated heterocycles. The molecule has 0 bridgehead atoms. The van der Waals surface area contributed by atoms with Gasteiger partial charge in [0.25, 0.3) is 0 Å². The maximum atomic E-state index is 12.9. The number of hydrogen-bond acceptors (Lipinski definition) is 6. The molecule has 0 N–H and O–H groups in total. The van der Waals surface area contributed by atoms with E-state index in [0.29, 0.717) is 30.4 Å². The van der Waals surface area contributed by atoms with Gasteiger partial charge in [-0.15, -0.1) is 10.2 Å². The zero-order chi connectivity index (χ0) is 21.5. The minimum absolute atomic E-state index is 0.0339. The number of aromatic nitrogens is 4. The molecule has 0 aliphatic rings. The van der Waals surface area contributed by atoms with Crippen LogP contribution in [-0.2, 0) is 17.9 Å². The zero-order valence-corrected chi connectivity index (χ0v) is 17.8. The highest BCUT2D eigenvalue weighted by Gasteiger charge is 2.17. The van der Waals surface area contributed by atoms with Crippen LogP contribution in [0.25, 0.3) is 11.4 Å². The van der Waals surface area contributed by atoms with Crippen molar-refractivity contribution in [3.8, 4) is 22.9 Å². The third-order valence-corrected chi connectivity index (χ3v) is 4.71. The minimum Gasteiger partial charge on any atom is -0.493 e. The number of amides is 1. The smallest absolute Gasteiger partial charge is 0.246 e. The molecule has 158 valence electrons. The lowest BCUT2D eigenvalue weighted by atomic mass is 10.1. The Morgan fingerprint density at radius 1 is 1.07 bits per heavy atom. The SMILES string of the molecule is CCCN(Cc1ccc(C)cc1)C(=O)Cn1nnc(-c2ccc(OC)c(OC)c2)n1. The maximum absolute atomic E-state index is 12.9. The van der Waals surface area contributed by atoms with E-state index < -0.39 is 0 Å². The molecule has 0 spiro atoms. The summed E-state index contributed by atoms with van der Waals surface area (Å²) in [6.07, 6.45) is 0.874. The number of carbonyl (C=O) groups excluding carboxylic acids is 1. The van der Waals surface area contributed by atoms with Crippen LogP contribution in [0.5, 0.6) is 11.5 Å². The molecular formula is C22H27N5O3. The van der Waals surface area contributed by atoms with Crippen LogP contribution in [0.4, 0.5) is 0 Å². The highest BCUT2D eigenvalue weighted by molar-refractivity contribution is 5.75. The average molecular weight is 409 g/mol. The highest BCUT2D eigenvalue weighted by atomic mass is 16.5. The second-order valence-electron chi connectivity index (χ2n) is 7.01. The Bertz CT molecular complexity index is 985. The summed E-state index contributed by atoms with van der Waals surface area (Å²) in [7, 11) is 3.15. The van der Waals surface area contributed by atoms with Crippen molar-refractivity contribution >= 4 is 5.91 Å². The quantitative estimate of drug-likeness (QED) is 0.540. The van der Waals surface area contributed by atoms with Gasteiger partial charge in [0.1, 0.15) is 6.54 Å². The molecule has 0 radical (unpaired) electrons. The van der Waals surface area contributed by atoms with Crippen LogP contribution in [-0.4, -0.2) is 51.8 Å². The van der Waals surface area contributed by atoms with Gasteiger partial charge >= 0.3 is 0 Å². The second-order valence-corrected chi connectivity index (χ2v) is 7.01. The number of aryl methyl sites for hydroxylation is 1. The average Bonchev–Trinajstić information content (AvgIpc) is 3.22. The molecule has 0 aliphatic heterocycles. The van der Waals surface area contributed by atoms with Crippen molar-refractivity contribution < 1.29 is 14.3 Å². The summed E-state index contributed by atoms with van der Waals surface area (Å²) in [6, 6.07) is 13.6. The Labute approximate surface area is 176 Å². The molecule has 3 aromatic rings. The lowest BCUT2D eigenvalue weighted by Crippen LogP contribution is -2.34. The first kappa shape index (κ1) is 21.3. The lowest BCUT2D eigenvalue weighted by Gasteiger charge is -2.22. The third kappa shape index (κ3) is 5.14. The maximum Gasteiger partial charge on any atom is 0.246 e. The van der Waals surface area contributed by atoms with E-state index in [-0.39, 0.29) is 12.5 Å². The molecule has 1 heterocycles. The van der Waals surface area contributed by atoms with E-state index in [1.165, 1.54) is 10.4 Å². The molecule has 0 fully saturated rings. The third-order valence-electron chi connectivity index (χ3n) is 4.71. The summed E-state index contributed by atoms with van der Waals surface area (Å²) in [6.45, 7) is 5.36. The molecule has 0 saturated carbocycles. The number of ether oxygens (including phenoxy) is 2. The first-order chi connectivity index (χ1) is 14.5. The molecule has 8 nitrogen and oxygen atoms in total. The molecule has 0 atom stereocenters. The molecule has 1 amide bonds. The summed E-state index contributed by atoms with van der Waals surface area (Å²) in [5, 5.41) is 12.5. The van der Waals surface area contributed by atoms with E-state index >= 15 is 0 Å². The van der Waals surface area contributed by atoms with Crippen molar-refractivity contribution in [2.75, 3.05) is 20.8 Å². The van der Waals surface area contributed by atoms with Gasteiger partial charge in [-0.3, -0.25) is 4.79 Å². The predicted octanol–water partition coefficient (Wildman–Crippen LogP) is 3.10. The fourth-order valence-corrected chi connectivity index (χ4v) is 3.10. The molecular weight excluding hydrogens is 382 g/mol. The van der Waals surface area contributed by atoms with Crippen molar-refractivity contribution in [1.29, 1.82) is 0 Å². The minimum atomic E-state index is -0.0475. The van der Waals surface area contributed by atoms with E-state index in [0.717, 1.165) is 17.5 Å². The van der Waals surface area contributed by atoms with Crippen molar-refractivity contribution in [2.45, 2.75) is 33.4 Å². The Hall–Kier alpha value is -3.42. The van der Waals surface area contributed by atoms with Gasteiger partial charge in [-0.2, -0.15) is 4.80 Å². The Morgan fingerprint density at radius 3 is 2.47 bits per heavy atom. The number of nitrogens with zero attached hydrogens (tertiary/aromatic N) is 5. The topological polar surface area (TPSA) is 82.4 Å². The van der Waals surface area contributed by atoms with Crippen molar-refractivity contribution in [3.05, 3.63) is 53.6 Å². The summed E-state index contributed by atoms with van der Waals surface area (Å²) in [5.74, 6) is 1.57. The van der Waals surface area contributed by atoms with Crippen LogP contribution >= 0.6 is 0 Å². The van der Waals surface area contributed by atoms with Crippen LogP contribution in [0.15, 0.2) is 42.5 Å². The van der Waals surface area contributed by atoms with Crippen molar-refractivity contribution in [1.82, 2.24) is 25.1 Å². The van der Waals surface area contributed by atoms with Gasteiger partial charge in [-0.05, 0) is 42.3 Å². The summed E-state index contributed by atoms with van der Waals surface area (Å²) in [4.78, 5) is 16.0. The first-order valence-corrected chi connectivity index (χ1v) is 9.87. The van der Waals surface area contributed by atoms with Gasteiger partial charge in [0, 0.05) is 18.7 Å². The first-order valence-electron chi connectivity index (χ1n) is 9.87. The number of carbonyl (C=O) groups is 1. The fraction of sp³-hybridized carbons (Fsp3) is 0.364. The van der Waals surface area contributed by atoms with Crippen molar-refractivity contribution in [3.63, 3.8) is 0 Å². The summed E-state index contributed by atoms with van der Waals surface area (Å²) >= 11 is 0. The van der Waals surface area contributed by atoms with Gasteiger partial charge in [0.05, 0.1) is 14.2 Å². The van der Waals surface area contributed by atoms with Gasteiger partial charge in [0.15, 0.2) is 11.5 Å². The van der Waals surface area contributed by atoms with Crippen LogP contribution in [0.3, 0.4) is 0 Å². The van der Waals surface area contributed by atoms with Crippen LogP contribution in [0.2, 0.25) is 0 Å². The number of hydrogen-bond donors (Lipinski definition) is 0. The lowest BCUT2D eigenvalue weighted by molar-refractivity contribution is -0.133. The van der Waals surface area contributed by atoms with E-state index in [1.54, 1.807) is 26.4 Å². The summed E-state index contributed by atoms with van der Waals surface area (Å²) < 4.78 is 10.6. The summed E-state index contributed by atoms with van der Waals surface area (Å²) in [5.41, 5.74) is 3.03. The normalized spacial score (nSPS) is 10.7. The Kier molecular flexibility index (Phi) is 7.00. The van der Waals surface area contributed by atoms with Crippen LogP contribution in [0, 0.1) is 6.92 Å². The Morgan fingerprint density at radius 2 is 1.80 bits per heavy atom. The molecule has 0 aliphatic carbocycles. The Balaban J connectivity index is 1.71. The van der Waals surface area contributed by atoms with Gasteiger partial charge < -0.3 is 14.4 Å². The van der Waals surface area contributed by atoms with E-state index in [9.17, 15) is 4.79 Å². The number of methoxy groups -OCH3 is 2. The zero-order valence-electron chi connectivity index (χ0n) is 17.8. The monoisotopic (exact) mass is 409 g/mol. The molecule has 0 unspecified atom stereocenters. The van der Waals surface area contributed by atoms with E-state index in [2.05, 4.69) is 34.5 Å². The number of benzene rings is 2. The molecule has 8 heteroatoms. The number of rotatable bonds is 9. The molecule has 30 heavy (non-hydrogen) atoms. The van der Waals surface area contributed by atoms with E-state index in [4.69, 9.17) is 9.47 Å². The van der Waals surface area contributed by atoms with E-state index in [1.807, 2.05) is 30.0 Å². The van der Waals surface area contributed by atoms with Gasteiger partial charge in [-0.25, -0.2) is 0 Å². The highest BCUT2D eigenvalue weighted by Crippen LogP contribution is 2.30. The molecule has 2 aromatic carbocycles. The standard InChI is InChI=1S/C22H27N5O3/c1-5-12-26(14-17-8-6-16(2)7-9-17)21(28)15-27-24-22(23-25-27)18-10-11-19(29-3)20(13-18)30-4/h6-11,13H,5,12,14-15H2,1-4H3. The van der Waals surface area contributed by atoms with Gasteiger partial charge in [0.2, 0.25) is 11.7 Å². The largest absolute Gasteiger partial charge is 0.493 e. The fourth-order valence-electron chi connectivity index (χ4n) is 3.10. The second kappa shape index (κ2) is 9.87. The van der Waals surface area contributed by atoms with Crippen LogP contribution < -0.4 is 9.47 Å². The molecule has 3 rings (SSSR count). The van der Waals surface area contributed by atoms with Crippen LogP contribution in [0.1, 0.15) is 24.5 Å². The predicted molar refractivity (Wildman–Crippen MR) is 113 cm³/mol. The van der Waals surface area contributed by atoms with Crippen molar-refractivity contribution in [2.24, 2.45) is 0 Å². The number of tetrazole rings is 1. The molecule has 1 aromatic heterocycles. The van der Waals surface area contributed by atoms with Gasteiger partial charge in [-0.1, -0.05) is 36.8 Å².